The summed E-state index contributed by atoms with van der Waals surface area (Å²) in [6.07, 6.45) is 6.46. The summed E-state index contributed by atoms with van der Waals surface area (Å²) in [6, 6.07) is 8.67. The zero-order valence-corrected chi connectivity index (χ0v) is 13.1. The Balaban J connectivity index is 1.55. The second-order valence-corrected chi connectivity index (χ2v) is 6.48. The number of hydrogen-bond acceptors (Lipinski definition) is 3. The molecule has 116 valence electrons. The molecule has 1 aromatic carbocycles. The first kappa shape index (κ1) is 15.3. The van der Waals surface area contributed by atoms with E-state index in [1.807, 2.05) is 12.1 Å². The average molecular weight is 310 g/mol. The van der Waals surface area contributed by atoms with Gasteiger partial charge in [-0.3, -0.25) is 0 Å². The highest BCUT2D eigenvalue weighted by Gasteiger charge is 2.24. The number of halogens is 1. The van der Waals surface area contributed by atoms with Gasteiger partial charge in [0, 0.05) is 24.2 Å². The van der Waals surface area contributed by atoms with Crippen LogP contribution >= 0.6 is 11.6 Å². The van der Waals surface area contributed by atoms with Gasteiger partial charge >= 0.3 is 0 Å². The Morgan fingerprint density at radius 1 is 1.19 bits per heavy atom. The second kappa shape index (κ2) is 7.59. The molecule has 1 aliphatic heterocycles. The molecule has 1 saturated heterocycles. The predicted molar refractivity (Wildman–Crippen MR) is 84.8 cm³/mol. The van der Waals surface area contributed by atoms with Gasteiger partial charge in [-0.25, -0.2) is 0 Å². The topological polar surface area (TPSA) is 30.5 Å². The fourth-order valence-electron chi connectivity index (χ4n) is 2.67. The average Bonchev–Trinajstić information content (AvgIpc) is 3.34. The first-order valence-corrected chi connectivity index (χ1v) is 8.41. The SMILES string of the molecule is Clc1ccc(C(CNC2CC2)OCC2CCCCO2)cc1. The summed E-state index contributed by atoms with van der Waals surface area (Å²) < 4.78 is 11.9. The number of rotatable bonds is 7. The lowest BCUT2D eigenvalue weighted by atomic mass is 10.1. The van der Waals surface area contributed by atoms with Crippen molar-refractivity contribution in [3.8, 4) is 0 Å². The molecule has 2 unspecified atom stereocenters. The van der Waals surface area contributed by atoms with Gasteiger partial charge in [0.2, 0.25) is 0 Å². The van der Waals surface area contributed by atoms with Crippen LogP contribution in [-0.4, -0.2) is 31.9 Å². The molecule has 0 bridgehead atoms. The van der Waals surface area contributed by atoms with Crippen molar-refractivity contribution in [3.05, 3.63) is 34.9 Å². The van der Waals surface area contributed by atoms with Crippen LogP contribution in [0.15, 0.2) is 24.3 Å². The lowest BCUT2D eigenvalue weighted by molar-refractivity contribution is -0.0634. The van der Waals surface area contributed by atoms with E-state index >= 15 is 0 Å². The molecule has 2 aliphatic rings. The molecule has 0 radical (unpaired) electrons. The minimum atomic E-state index is 0.0772. The molecule has 2 fully saturated rings. The molecule has 3 nitrogen and oxygen atoms in total. The molecule has 0 amide bonds. The molecular weight excluding hydrogens is 286 g/mol. The van der Waals surface area contributed by atoms with Gasteiger partial charge in [0.25, 0.3) is 0 Å². The van der Waals surface area contributed by atoms with Gasteiger partial charge in [-0.05, 0) is 49.8 Å². The van der Waals surface area contributed by atoms with Crippen molar-refractivity contribution in [2.24, 2.45) is 0 Å². The maximum atomic E-state index is 6.16. The Labute approximate surface area is 132 Å². The van der Waals surface area contributed by atoms with E-state index in [9.17, 15) is 0 Å². The second-order valence-electron chi connectivity index (χ2n) is 6.04. The van der Waals surface area contributed by atoms with Crippen molar-refractivity contribution in [2.75, 3.05) is 19.8 Å². The molecule has 1 N–H and O–H groups in total. The van der Waals surface area contributed by atoms with E-state index in [0.29, 0.717) is 12.6 Å². The van der Waals surface area contributed by atoms with E-state index in [-0.39, 0.29) is 12.2 Å². The van der Waals surface area contributed by atoms with Gasteiger partial charge in [0.1, 0.15) is 0 Å². The summed E-state index contributed by atoms with van der Waals surface area (Å²) in [7, 11) is 0. The number of nitrogens with one attached hydrogen (secondary N) is 1. The minimum absolute atomic E-state index is 0.0772. The van der Waals surface area contributed by atoms with Crippen LogP contribution in [0.2, 0.25) is 5.02 Å². The summed E-state index contributed by atoms with van der Waals surface area (Å²) in [5.41, 5.74) is 1.18. The smallest absolute Gasteiger partial charge is 0.0950 e. The lowest BCUT2D eigenvalue weighted by Crippen LogP contribution is -2.30. The van der Waals surface area contributed by atoms with Crippen molar-refractivity contribution in [3.63, 3.8) is 0 Å². The number of benzene rings is 1. The van der Waals surface area contributed by atoms with Crippen LogP contribution in [0.3, 0.4) is 0 Å². The summed E-state index contributed by atoms with van der Waals surface area (Å²) in [6.45, 7) is 2.42. The van der Waals surface area contributed by atoms with Crippen LogP contribution in [0.25, 0.3) is 0 Å². The fourth-order valence-corrected chi connectivity index (χ4v) is 2.80. The molecule has 21 heavy (non-hydrogen) atoms. The van der Waals surface area contributed by atoms with Gasteiger partial charge in [0.15, 0.2) is 0 Å². The third kappa shape index (κ3) is 4.96. The lowest BCUT2D eigenvalue weighted by Gasteiger charge is -2.26. The minimum Gasteiger partial charge on any atom is -0.376 e. The van der Waals surface area contributed by atoms with Gasteiger partial charge in [-0.15, -0.1) is 0 Å². The van der Waals surface area contributed by atoms with Crippen molar-refractivity contribution in [1.29, 1.82) is 0 Å². The molecule has 1 heterocycles. The van der Waals surface area contributed by atoms with Crippen LogP contribution in [0.4, 0.5) is 0 Å². The molecule has 1 aliphatic carbocycles. The first-order chi connectivity index (χ1) is 10.3. The monoisotopic (exact) mass is 309 g/mol. The summed E-state index contributed by atoms with van der Waals surface area (Å²) in [5, 5.41) is 4.33. The largest absolute Gasteiger partial charge is 0.376 e. The first-order valence-electron chi connectivity index (χ1n) is 8.03. The Bertz CT molecular complexity index is 427. The molecule has 4 heteroatoms. The molecule has 0 spiro atoms. The summed E-state index contributed by atoms with van der Waals surface area (Å²) in [4.78, 5) is 0. The van der Waals surface area contributed by atoms with E-state index in [4.69, 9.17) is 21.1 Å². The maximum Gasteiger partial charge on any atom is 0.0950 e. The van der Waals surface area contributed by atoms with Crippen molar-refractivity contribution < 1.29 is 9.47 Å². The fraction of sp³-hybridized carbons (Fsp3) is 0.647. The van der Waals surface area contributed by atoms with E-state index in [1.54, 1.807) is 0 Å². The number of hydrogen-bond donors (Lipinski definition) is 1. The van der Waals surface area contributed by atoms with Crippen LogP contribution in [-0.2, 0) is 9.47 Å². The third-order valence-corrected chi connectivity index (χ3v) is 4.42. The summed E-state index contributed by atoms with van der Waals surface area (Å²) in [5.74, 6) is 0. The Morgan fingerprint density at radius 3 is 2.67 bits per heavy atom. The molecule has 0 aromatic heterocycles. The highest BCUT2D eigenvalue weighted by molar-refractivity contribution is 6.30. The van der Waals surface area contributed by atoms with Crippen LogP contribution in [0, 0.1) is 0 Å². The number of ether oxygens (including phenoxy) is 2. The zero-order valence-electron chi connectivity index (χ0n) is 12.4. The Hall–Kier alpha value is -0.610. The van der Waals surface area contributed by atoms with Crippen LogP contribution in [0.1, 0.15) is 43.8 Å². The molecule has 2 atom stereocenters. The molecular formula is C17H24ClNO2. The van der Waals surface area contributed by atoms with E-state index in [1.165, 1.54) is 31.2 Å². The zero-order chi connectivity index (χ0) is 14.5. The quantitative estimate of drug-likeness (QED) is 0.832. The van der Waals surface area contributed by atoms with Crippen LogP contribution < -0.4 is 5.32 Å². The van der Waals surface area contributed by atoms with E-state index in [2.05, 4.69) is 17.4 Å². The predicted octanol–water partition coefficient (Wildman–Crippen LogP) is 3.72. The molecule has 3 rings (SSSR count). The normalized spacial score (nSPS) is 24.0. The standard InChI is InChI=1S/C17H24ClNO2/c18-14-6-4-13(5-7-14)17(11-19-15-8-9-15)21-12-16-3-1-2-10-20-16/h4-7,15-17,19H,1-3,8-12H2. The molecule has 1 saturated carbocycles. The van der Waals surface area contributed by atoms with Gasteiger partial charge in [-0.1, -0.05) is 23.7 Å². The highest BCUT2D eigenvalue weighted by atomic mass is 35.5. The summed E-state index contributed by atoms with van der Waals surface area (Å²) >= 11 is 5.98. The molecule has 1 aromatic rings. The maximum absolute atomic E-state index is 6.16. The van der Waals surface area contributed by atoms with Gasteiger partial charge in [-0.2, -0.15) is 0 Å². The van der Waals surface area contributed by atoms with Gasteiger partial charge < -0.3 is 14.8 Å². The van der Waals surface area contributed by atoms with Gasteiger partial charge in [0.05, 0.1) is 18.8 Å². The van der Waals surface area contributed by atoms with Crippen LogP contribution in [0.5, 0.6) is 0 Å². The van der Waals surface area contributed by atoms with E-state index in [0.717, 1.165) is 24.6 Å². The highest BCUT2D eigenvalue weighted by Crippen LogP contribution is 2.24. The van der Waals surface area contributed by atoms with Crippen molar-refractivity contribution in [1.82, 2.24) is 5.32 Å². The Morgan fingerprint density at radius 2 is 2.00 bits per heavy atom. The third-order valence-electron chi connectivity index (χ3n) is 4.17. The Kier molecular flexibility index (Phi) is 5.53. The van der Waals surface area contributed by atoms with E-state index < -0.39 is 0 Å². The van der Waals surface area contributed by atoms with Crippen molar-refractivity contribution in [2.45, 2.75) is 50.4 Å². The van der Waals surface area contributed by atoms with Crippen molar-refractivity contribution >= 4 is 11.6 Å².